The van der Waals surface area contributed by atoms with Crippen LogP contribution < -0.4 is 4.74 Å². The maximum Gasteiger partial charge on any atom is 0.333 e. The molecule has 0 aliphatic carbocycles. The number of ether oxygens (including phenoxy) is 2. The van der Waals surface area contributed by atoms with Gasteiger partial charge in [0.25, 0.3) is 0 Å². The summed E-state index contributed by atoms with van der Waals surface area (Å²) in [5, 5.41) is 0. The van der Waals surface area contributed by atoms with Crippen LogP contribution in [0, 0.1) is 3.57 Å². The molecule has 1 rings (SSSR count). The van der Waals surface area contributed by atoms with Crippen LogP contribution in [-0.2, 0) is 9.53 Å². The first-order valence-corrected chi connectivity index (χ1v) is 6.23. The molecule has 0 saturated heterocycles. The van der Waals surface area contributed by atoms with E-state index in [1.54, 1.807) is 14.0 Å². The maximum absolute atomic E-state index is 11.4. The van der Waals surface area contributed by atoms with Crippen LogP contribution in [0.25, 0.3) is 0 Å². The van der Waals surface area contributed by atoms with Crippen molar-refractivity contribution in [3.8, 4) is 5.75 Å². The third-order valence-corrected chi connectivity index (χ3v) is 2.94. The highest BCUT2D eigenvalue weighted by Gasteiger charge is 2.16. The molecule has 0 heterocycles. The number of rotatable bonds is 4. The Bertz CT molecular complexity index is 440. The number of carbonyl (C=O) groups excluding carboxylic acids is 1. The summed E-state index contributed by atoms with van der Waals surface area (Å²) in [6.45, 7) is 6.99. The predicted octanol–water partition coefficient (Wildman–Crippen LogP) is 3.48. The van der Waals surface area contributed by atoms with Gasteiger partial charge in [0.2, 0.25) is 0 Å². The van der Waals surface area contributed by atoms with Gasteiger partial charge in [-0.3, -0.25) is 0 Å². The molecule has 1 unspecified atom stereocenters. The lowest BCUT2D eigenvalue weighted by atomic mass is 10.1. The van der Waals surface area contributed by atoms with E-state index in [-0.39, 0.29) is 6.10 Å². The minimum atomic E-state index is -0.391. The molecular formula is C13H15IO3. The molecule has 4 heteroatoms. The number of methoxy groups -OCH3 is 1. The molecule has 0 radical (unpaired) electrons. The van der Waals surface area contributed by atoms with Crippen LogP contribution in [0.1, 0.15) is 25.5 Å². The van der Waals surface area contributed by atoms with E-state index in [2.05, 4.69) is 29.2 Å². The molecule has 0 aromatic heterocycles. The molecule has 0 bridgehead atoms. The van der Waals surface area contributed by atoms with Crippen molar-refractivity contribution in [1.29, 1.82) is 0 Å². The maximum atomic E-state index is 11.4. The average molecular weight is 346 g/mol. The lowest BCUT2D eigenvalue weighted by Crippen LogP contribution is -2.10. The summed E-state index contributed by atoms with van der Waals surface area (Å²) < 4.78 is 11.6. The third kappa shape index (κ3) is 3.73. The van der Waals surface area contributed by atoms with Crippen LogP contribution in [-0.4, -0.2) is 13.1 Å². The van der Waals surface area contributed by atoms with Gasteiger partial charge >= 0.3 is 5.97 Å². The quantitative estimate of drug-likeness (QED) is 0.476. The largest absolute Gasteiger partial charge is 0.496 e. The Morgan fingerprint density at radius 1 is 1.47 bits per heavy atom. The number of halogens is 1. The van der Waals surface area contributed by atoms with Crippen molar-refractivity contribution in [3.05, 3.63) is 39.5 Å². The van der Waals surface area contributed by atoms with Crippen LogP contribution in [0.3, 0.4) is 0 Å². The van der Waals surface area contributed by atoms with E-state index in [1.165, 1.54) is 0 Å². The molecule has 0 amide bonds. The van der Waals surface area contributed by atoms with Crippen molar-refractivity contribution < 1.29 is 14.3 Å². The van der Waals surface area contributed by atoms with Gasteiger partial charge in [-0.25, -0.2) is 4.79 Å². The highest BCUT2D eigenvalue weighted by molar-refractivity contribution is 14.1. The number of carbonyl (C=O) groups is 1. The average Bonchev–Trinajstić information content (AvgIpc) is 2.28. The van der Waals surface area contributed by atoms with Crippen molar-refractivity contribution in [1.82, 2.24) is 0 Å². The molecule has 0 saturated carbocycles. The second-order valence-electron chi connectivity index (χ2n) is 3.71. The minimum Gasteiger partial charge on any atom is -0.496 e. The summed E-state index contributed by atoms with van der Waals surface area (Å²) in [4.78, 5) is 11.4. The molecule has 3 nitrogen and oxygen atoms in total. The van der Waals surface area contributed by atoms with E-state index in [4.69, 9.17) is 9.47 Å². The first-order chi connectivity index (χ1) is 7.95. The minimum absolute atomic E-state index is 0.355. The summed E-state index contributed by atoms with van der Waals surface area (Å²) in [5.74, 6) is 0.331. The standard InChI is InChI=1S/C13H15IO3/c1-8(2)13(15)17-9(3)11-6-5-10(14)7-12(11)16-4/h5-7,9H,1H2,2-4H3. The summed E-state index contributed by atoms with van der Waals surface area (Å²) in [6, 6.07) is 5.75. The van der Waals surface area contributed by atoms with E-state index < -0.39 is 5.97 Å². The number of hydrogen-bond donors (Lipinski definition) is 0. The van der Waals surface area contributed by atoms with Crippen molar-refractivity contribution in [3.63, 3.8) is 0 Å². The summed E-state index contributed by atoms with van der Waals surface area (Å²) in [6.07, 6.45) is -0.355. The molecule has 0 fully saturated rings. The lowest BCUT2D eigenvalue weighted by Gasteiger charge is -2.16. The Balaban J connectivity index is 2.92. The van der Waals surface area contributed by atoms with Gasteiger partial charge in [0.05, 0.1) is 7.11 Å². The molecule has 1 aromatic rings. The van der Waals surface area contributed by atoms with Crippen molar-refractivity contribution in [2.24, 2.45) is 0 Å². The molecule has 17 heavy (non-hydrogen) atoms. The van der Waals surface area contributed by atoms with Crippen LogP contribution in [0.4, 0.5) is 0 Å². The number of esters is 1. The van der Waals surface area contributed by atoms with Crippen molar-refractivity contribution in [2.75, 3.05) is 7.11 Å². The molecule has 0 aliphatic heterocycles. The van der Waals surface area contributed by atoms with Crippen molar-refractivity contribution >= 4 is 28.6 Å². The Hall–Kier alpha value is -1.04. The van der Waals surface area contributed by atoms with Gasteiger partial charge in [-0.15, -0.1) is 0 Å². The second kappa shape index (κ2) is 6.05. The fourth-order valence-electron chi connectivity index (χ4n) is 1.35. The molecule has 1 aromatic carbocycles. The second-order valence-corrected chi connectivity index (χ2v) is 4.96. The molecule has 1 atom stereocenters. The summed E-state index contributed by atoms with van der Waals surface area (Å²) in [7, 11) is 1.60. The molecule has 0 N–H and O–H groups in total. The monoisotopic (exact) mass is 346 g/mol. The SMILES string of the molecule is C=C(C)C(=O)OC(C)c1ccc(I)cc1OC. The zero-order valence-corrected chi connectivity index (χ0v) is 12.3. The summed E-state index contributed by atoms with van der Waals surface area (Å²) >= 11 is 2.20. The predicted molar refractivity (Wildman–Crippen MR) is 75.0 cm³/mol. The van der Waals surface area contributed by atoms with E-state index in [0.717, 1.165) is 14.9 Å². The van der Waals surface area contributed by atoms with Gasteiger partial charge in [-0.1, -0.05) is 12.6 Å². The van der Waals surface area contributed by atoms with Gasteiger partial charge in [-0.2, -0.15) is 0 Å². The Morgan fingerprint density at radius 2 is 2.12 bits per heavy atom. The van der Waals surface area contributed by atoms with Gasteiger partial charge in [0, 0.05) is 14.7 Å². The van der Waals surface area contributed by atoms with E-state index in [1.807, 2.05) is 25.1 Å². The number of hydrogen-bond acceptors (Lipinski definition) is 3. The smallest absolute Gasteiger partial charge is 0.333 e. The number of benzene rings is 1. The van der Waals surface area contributed by atoms with Gasteiger partial charge in [-0.05, 0) is 48.6 Å². The molecular weight excluding hydrogens is 331 g/mol. The Labute approximate surface area is 115 Å². The highest BCUT2D eigenvalue weighted by atomic mass is 127. The van der Waals surface area contributed by atoms with Crippen molar-refractivity contribution in [2.45, 2.75) is 20.0 Å². The molecule has 0 spiro atoms. The fraction of sp³-hybridized carbons (Fsp3) is 0.308. The third-order valence-electron chi connectivity index (χ3n) is 2.27. The van der Waals surface area contributed by atoms with E-state index in [0.29, 0.717) is 5.57 Å². The lowest BCUT2D eigenvalue weighted by molar-refractivity contribution is -0.143. The normalized spacial score (nSPS) is 11.8. The molecule has 92 valence electrons. The first-order valence-electron chi connectivity index (χ1n) is 5.15. The van der Waals surface area contributed by atoms with Crippen LogP contribution in [0.15, 0.2) is 30.4 Å². The topological polar surface area (TPSA) is 35.5 Å². The summed E-state index contributed by atoms with van der Waals surface area (Å²) in [5.41, 5.74) is 1.24. The van der Waals surface area contributed by atoms with Gasteiger partial charge in [0.15, 0.2) is 0 Å². The van der Waals surface area contributed by atoms with E-state index >= 15 is 0 Å². The van der Waals surface area contributed by atoms with Crippen LogP contribution >= 0.6 is 22.6 Å². The zero-order valence-electron chi connectivity index (χ0n) is 10.1. The van der Waals surface area contributed by atoms with E-state index in [9.17, 15) is 4.79 Å². The van der Waals surface area contributed by atoms with Gasteiger partial charge in [0.1, 0.15) is 11.9 Å². The van der Waals surface area contributed by atoms with Crippen LogP contribution in [0.2, 0.25) is 0 Å². The first kappa shape index (κ1) is 14.0. The van der Waals surface area contributed by atoms with Gasteiger partial charge < -0.3 is 9.47 Å². The molecule has 0 aliphatic rings. The van der Waals surface area contributed by atoms with Crippen LogP contribution in [0.5, 0.6) is 5.75 Å². The Kier molecular flexibility index (Phi) is 4.99. The fourth-order valence-corrected chi connectivity index (χ4v) is 1.81. The Morgan fingerprint density at radius 3 is 2.65 bits per heavy atom. The highest BCUT2D eigenvalue weighted by Crippen LogP contribution is 2.29. The zero-order chi connectivity index (χ0) is 13.0.